The Balaban J connectivity index is 1.06. The van der Waals surface area contributed by atoms with Crippen molar-refractivity contribution in [3.63, 3.8) is 0 Å². The highest BCUT2D eigenvalue weighted by atomic mass is 32.2. The molecule has 0 bridgehead atoms. The number of ether oxygens (including phenoxy) is 3. The maximum absolute atomic E-state index is 12.6. The number of amides is 2. The molecule has 6 rings (SSSR count). The minimum atomic E-state index is -0.567. The second kappa shape index (κ2) is 15.8. The van der Waals surface area contributed by atoms with E-state index < -0.39 is 6.29 Å². The number of carbonyl (C=O) groups excluding carboxylic acids is 1. The molecule has 0 aliphatic carbocycles. The standard InChI is InChI=1S/C38H37N3O5S/c1-26-34(25-47-35-9-5-6-22-39-35)45-37(46-36(26)29-14-12-28(24-42)13-15-29)30-16-10-27(11-17-30)23-40-38(43)41-31-18-20-33(21-19-31)44-32-7-3-2-4-8-32/h2-22,26,34,36-37,42H,23-25H2,1H3,(H2,40,41,43)/t26-,34+,36+,37+/m1/s1. The predicted molar refractivity (Wildman–Crippen MR) is 183 cm³/mol. The number of para-hydroxylation sites is 1. The van der Waals surface area contributed by atoms with Crippen LogP contribution in [0.15, 0.2) is 133 Å². The van der Waals surface area contributed by atoms with Crippen molar-refractivity contribution in [1.82, 2.24) is 10.3 Å². The molecule has 9 heteroatoms. The quantitative estimate of drug-likeness (QED) is 0.124. The maximum Gasteiger partial charge on any atom is 0.319 e. The topological polar surface area (TPSA) is 102 Å². The molecule has 240 valence electrons. The van der Waals surface area contributed by atoms with Gasteiger partial charge in [0, 0.05) is 35.7 Å². The molecule has 1 fully saturated rings. The lowest BCUT2D eigenvalue weighted by molar-refractivity contribution is -0.268. The fraction of sp³-hybridized carbons (Fsp3) is 0.211. The minimum Gasteiger partial charge on any atom is -0.457 e. The number of hydrogen-bond acceptors (Lipinski definition) is 7. The summed E-state index contributed by atoms with van der Waals surface area (Å²) >= 11 is 1.67. The predicted octanol–water partition coefficient (Wildman–Crippen LogP) is 8.27. The highest BCUT2D eigenvalue weighted by Gasteiger charge is 2.38. The molecule has 1 saturated heterocycles. The summed E-state index contributed by atoms with van der Waals surface area (Å²) in [6, 6.07) is 38.2. The van der Waals surface area contributed by atoms with Gasteiger partial charge < -0.3 is 30.0 Å². The van der Waals surface area contributed by atoms with E-state index in [1.807, 2.05) is 109 Å². The Kier molecular flexibility index (Phi) is 10.8. The number of rotatable bonds is 11. The number of aliphatic hydroxyl groups is 1. The van der Waals surface area contributed by atoms with E-state index in [1.54, 1.807) is 30.1 Å². The summed E-state index contributed by atoms with van der Waals surface area (Å²) in [6.45, 7) is 2.50. The van der Waals surface area contributed by atoms with E-state index in [0.29, 0.717) is 18.0 Å². The molecule has 5 aromatic rings. The SMILES string of the molecule is C[C@@H]1[C@H](CSc2ccccn2)O[C@H](c2ccc(CNC(=O)Nc3ccc(Oc4ccccc4)cc3)cc2)O[C@@H]1c1ccc(CO)cc1. The van der Waals surface area contributed by atoms with Crippen molar-refractivity contribution in [3.05, 3.63) is 150 Å². The molecule has 2 amide bonds. The Morgan fingerprint density at radius 2 is 1.49 bits per heavy atom. The van der Waals surface area contributed by atoms with Gasteiger partial charge in [0.1, 0.15) is 11.5 Å². The van der Waals surface area contributed by atoms with Crippen LogP contribution in [-0.4, -0.2) is 28.0 Å². The number of carbonyl (C=O) groups is 1. The smallest absolute Gasteiger partial charge is 0.319 e. The van der Waals surface area contributed by atoms with Gasteiger partial charge in [-0.2, -0.15) is 0 Å². The van der Waals surface area contributed by atoms with Crippen molar-refractivity contribution < 1.29 is 24.1 Å². The van der Waals surface area contributed by atoms with Crippen molar-refractivity contribution in [3.8, 4) is 11.5 Å². The zero-order valence-electron chi connectivity index (χ0n) is 26.0. The molecular weight excluding hydrogens is 611 g/mol. The van der Waals surface area contributed by atoms with Gasteiger partial charge in [-0.25, -0.2) is 9.78 Å². The number of aliphatic hydroxyl groups excluding tert-OH is 1. The molecule has 0 saturated carbocycles. The number of hydrogen-bond donors (Lipinski definition) is 3. The lowest BCUT2D eigenvalue weighted by Crippen LogP contribution is -2.38. The summed E-state index contributed by atoms with van der Waals surface area (Å²) in [7, 11) is 0. The monoisotopic (exact) mass is 647 g/mol. The summed E-state index contributed by atoms with van der Waals surface area (Å²) < 4.78 is 18.9. The number of benzene rings is 4. The zero-order valence-corrected chi connectivity index (χ0v) is 26.8. The lowest BCUT2D eigenvalue weighted by atomic mass is 9.91. The molecular formula is C38H37N3O5S. The second-order valence-corrected chi connectivity index (χ2v) is 12.3. The van der Waals surface area contributed by atoms with E-state index in [-0.39, 0.29) is 30.8 Å². The number of pyridine rings is 1. The number of thioether (sulfide) groups is 1. The summed E-state index contributed by atoms with van der Waals surface area (Å²) in [5.74, 6) is 2.24. The Morgan fingerprint density at radius 1 is 0.809 bits per heavy atom. The highest BCUT2D eigenvalue weighted by molar-refractivity contribution is 7.99. The molecule has 0 unspecified atom stereocenters. The second-order valence-electron chi connectivity index (χ2n) is 11.3. The van der Waals surface area contributed by atoms with E-state index in [0.717, 1.165) is 38.8 Å². The fourth-order valence-electron chi connectivity index (χ4n) is 5.29. The molecule has 47 heavy (non-hydrogen) atoms. The van der Waals surface area contributed by atoms with Crippen LogP contribution in [0.25, 0.3) is 0 Å². The van der Waals surface area contributed by atoms with Crippen LogP contribution in [0.2, 0.25) is 0 Å². The molecule has 0 radical (unpaired) electrons. The van der Waals surface area contributed by atoms with Crippen LogP contribution in [-0.2, 0) is 22.6 Å². The van der Waals surface area contributed by atoms with Gasteiger partial charge in [-0.3, -0.25) is 0 Å². The molecule has 3 N–H and O–H groups in total. The van der Waals surface area contributed by atoms with Crippen LogP contribution in [0.1, 0.15) is 41.6 Å². The number of aromatic nitrogens is 1. The van der Waals surface area contributed by atoms with Gasteiger partial charge in [0.25, 0.3) is 0 Å². The average molecular weight is 648 g/mol. The summed E-state index contributed by atoms with van der Waals surface area (Å²) in [5.41, 5.74) is 4.40. The van der Waals surface area contributed by atoms with Gasteiger partial charge in [0.05, 0.1) is 23.8 Å². The first-order valence-corrected chi connectivity index (χ1v) is 16.5. The third kappa shape index (κ3) is 8.78. The summed E-state index contributed by atoms with van der Waals surface area (Å²) in [6.07, 6.45) is 0.944. The van der Waals surface area contributed by atoms with Crippen LogP contribution >= 0.6 is 11.8 Å². The van der Waals surface area contributed by atoms with Gasteiger partial charge in [-0.1, -0.05) is 79.7 Å². The lowest BCUT2D eigenvalue weighted by Gasteiger charge is -2.41. The van der Waals surface area contributed by atoms with E-state index in [4.69, 9.17) is 14.2 Å². The largest absolute Gasteiger partial charge is 0.457 e. The van der Waals surface area contributed by atoms with Gasteiger partial charge in [0.2, 0.25) is 0 Å². The van der Waals surface area contributed by atoms with Crippen LogP contribution < -0.4 is 15.4 Å². The van der Waals surface area contributed by atoms with Crippen LogP contribution in [0.4, 0.5) is 10.5 Å². The molecule has 2 heterocycles. The van der Waals surface area contributed by atoms with E-state index in [9.17, 15) is 9.90 Å². The van der Waals surface area contributed by atoms with Gasteiger partial charge in [0.15, 0.2) is 6.29 Å². The van der Waals surface area contributed by atoms with Gasteiger partial charge >= 0.3 is 6.03 Å². The maximum atomic E-state index is 12.6. The first-order chi connectivity index (χ1) is 23.0. The van der Waals surface area contributed by atoms with Crippen molar-refractivity contribution in [2.45, 2.75) is 43.6 Å². The normalized spacial score (nSPS) is 19.1. The molecule has 4 aromatic carbocycles. The summed E-state index contributed by atoms with van der Waals surface area (Å²) in [4.78, 5) is 17.1. The van der Waals surface area contributed by atoms with Gasteiger partial charge in [-0.05, 0) is 65.2 Å². The highest BCUT2D eigenvalue weighted by Crippen LogP contribution is 2.43. The molecule has 1 aliphatic heterocycles. The number of nitrogens with one attached hydrogen (secondary N) is 2. The Labute approximate surface area is 279 Å². The average Bonchev–Trinajstić information content (AvgIpc) is 3.12. The Hall–Kier alpha value is -4.67. The van der Waals surface area contributed by atoms with E-state index in [1.165, 1.54) is 0 Å². The van der Waals surface area contributed by atoms with Crippen molar-refractivity contribution >= 4 is 23.5 Å². The number of nitrogens with zero attached hydrogens (tertiary/aromatic N) is 1. The Morgan fingerprint density at radius 3 is 2.19 bits per heavy atom. The Bertz CT molecular complexity index is 1710. The third-order valence-corrected chi connectivity index (χ3v) is 8.99. The van der Waals surface area contributed by atoms with Crippen molar-refractivity contribution in [1.29, 1.82) is 0 Å². The third-order valence-electron chi connectivity index (χ3n) is 7.95. The van der Waals surface area contributed by atoms with Crippen LogP contribution in [0.5, 0.6) is 11.5 Å². The molecule has 8 nitrogen and oxygen atoms in total. The summed E-state index contributed by atoms with van der Waals surface area (Å²) in [5, 5.41) is 16.2. The first kappa shape index (κ1) is 32.3. The molecule has 1 aromatic heterocycles. The van der Waals surface area contributed by atoms with Crippen LogP contribution in [0, 0.1) is 5.92 Å². The van der Waals surface area contributed by atoms with Crippen LogP contribution in [0.3, 0.4) is 0 Å². The minimum absolute atomic E-state index is 0.00296. The van der Waals surface area contributed by atoms with Gasteiger partial charge in [-0.15, -0.1) is 11.8 Å². The van der Waals surface area contributed by atoms with Crippen molar-refractivity contribution in [2.75, 3.05) is 11.1 Å². The fourth-order valence-corrected chi connectivity index (χ4v) is 6.32. The number of urea groups is 1. The molecule has 1 aliphatic rings. The molecule has 0 spiro atoms. The van der Waals surface area contributed by atoms with E-state index >= 15 is 0 Å². The number of anilines is 1. The zero-order chi connectivity index (χ0) is 32.4. The first-order valence-electron chi connectivity index (χ1n) is 15.5. The van der Waals surface area contributed by atoms with E-state index in [2.05, 4.69) is 22.5 Å². The van der Waals surface area contributed by atoms with Crippen molar-refractivity contribution in [2.24, 2.45) is 5.92 Å². The molecule has 4 atom stereocenters.